The van der Waals surface area contributed by atoms with Crippen LogP contribution in [-0.4, -0.2) is 61.5 Å². The van der Waals surface area contributed by atoms with Crippen LogP contribution in [0.2, 0.25) is 0 Å². The summed E-state index contributed by atoms with van der Waals surface area (Å²) in [5.41, 5.74) is 4.87. The first-order chi connectivity index (χ1) is 16.1. The molecule has 3 aliphatic rings. The number of nitrogens with zero attached hydrogens (tertiary/aromatic N) is 2. The molecule has 2 unspecified atom stereocenters. The standard InChI is InChI=1S/C27H39N3O3/c1-18-14-20(15-19(2)33-18)28-27-21-8-6-9-23(21)29-24-17-26(25(31-3)16-22(24)27)32-13-7-12-30-10-4-5-11-30/h16-20H,4-15H2,1-3H3,(H,28,29). The third kappa shape index (κ3) is 5.07. The molecule has 0 amide bonds. The minimum absolute atomic E-state index is 0.280. The SMILES string of the molecule is COc1cc2c(NC3CC(C)OC(C)C3)c3c(nc2cc1OCCCN1CCCC1)CCC3. The van der Waals surface area contributed by atoms with Gasteiger partial charge in [-0.1, -0.05) is 0 Å². The van der Waals surface area contributed by atoms with E-state index >= 15 is 0 Å². The van der Waals surface area contributed by atoms with Gasteiger partial charge >= 0.3 is 0 Å². The van der Waals surface area contributed by atoms with E-state index in [1.54, 1.807) is 7.11 Å². The maximum absolute atomic E-state index is 6.20. The average molecular weight is 454 g/mol. The Labute approximate surface area is 198 Å². The number of nitrogens with one attached hydrogen (secondary N) is 1. The lowest BCUT2D eigenvalue weighted by Crippen LogP contribution is -2.37. The molecule has 1 aromatic carbocycles. The fourth-order valence-electron chi connectivity index (χ4n) is 5.91. The number of pyridine rings is 1. The van der Waals surface area contributed by atoms with E-state index in [9.17, 15) is 0 Å². The van der Waals surface area contributed by atoms with Crippen molar-refractivity contribution in [1.29, 1.82) is 0 Å². The van der Waals surface area contributed by atoms with Crippen molar-refractivity contribution in [3.63, 3.8) is 0 Å². The summed E-state index contributed by atoms with van der Waals surface area (Å²) in [6.45, 7) is 8.62. The third-order valence-corrected chi connectivity index (χ3v) is 7.42. The summed E-state index contributed by atoms with van der Waals surface area (Å²) < 4.78 is 17.9. The van der Waals surface area contributed by atoms with Gasteiger partial charge in [-0.2, -0.15) is 0 Å². The van der Waals surface area contributed by atoms with Crippen molar-refractivity contribution in [1.82, 2.24) is 9.88 Å². The maximum Gasteiger partial charge on any atom is 0.163 e. The highest BCUT2D eigenvalue weighted by molar-refractivity contribution is 5.96. The van der Waals surface area contributed by atoms with Crippen molar-refractivity contribution in [2.24, 2.45) is 0 Å². The number of aromatic nitrogens is 1. The first-order valence-corrected chi connectivity index (χ1v) is 12.9. The molecule has 6 nitrogen and oxygen atoms in total. The molecule has 0 bridgehead atoms. The Balaban J connectivity index is 1.39. The number of aryl methyl sites for hydroxylation is 1. The Bertz CT molecular complexity index is 963. The Morgan fingerprint density at radius 3 is 2.61 bits per heavy atom. The summed E-state index contributed by atoms with van der Waals surface area (Å²) in [4.78, 5) is 7.59. The largest absolute Gasteiger partial charge is 0.493 e. The fourth-order valence-corrected chi connectivity index (χ4v) is 5.91. The Morgan fingerprint density at radius 1 is 1.06 bits per heavy atom. The number of hydrogen-bond acceptors (Lipinski definition) is 6. The van der Waals surface area contributed by atoms with Crippen molar-refractivity contribution < 1.29 is 14.2 Å². The van der Waals surface area contributed by atoms with Gasteiger partial charge in [0.15, 0.2) is 11.5 Å². The molecule has 33 heavy (non-hydrogen) atoms. The third-order valence-electron chi connectivity index (χ3n) is 7.42. The van der Waals surface area contributed by atoms with Crippen LogP contribution in [-0.2, 0) is 17.6 Å². The lowest BCUT2D eigenvalue weighted by atomic mass is 9.98. The lowest BCUT2D eigenvalue weighted by molar-refractivity contribution is -0.0337. The van der Waals surface area contributed by atoms with Gasteiger partial charge in [0.2, 0.25) is 0 Å². The van der Waals surface area contributed by atoms with Gasteiger partial charge in [-0.3, -0.25) is 4.98 Å². The molecule has 5 rings (SSSR count). The summed E-state index contributed by atoms with van der Waals surface area (Å²) in [6.07, 6.45) is 9.62. The van der Waals surface area contributed by atoms with Gasteiger partial charge in [0.25, 0.3) is 0 Å². The lowest BCUT2D eigenvalue weighted by Gasteiger charge is -2.34. The van der Waals surface area contributed by atoms with Gasteiger partial charge in [0.05, 0.1) is 31.4 Å². The number of likely N-dealkylation sites (tertiary alicyclic amines) is 1. The zero-order chi connectivity index (χ0) is 22.8. The summed E-state index contributed by atoms with van der Waals surface area (Å²) in [7, 11) is 1.73. The molecule has 0 saturated carbocycles. The number of methoxy groups -OCH3 is 1. The van der Waals surface area contributed by atoms with Gasteiger partial charge in [0.1, 0.15) is 0 Å². The zero-order valence-corrected chi connectivity index (χ0v) is 20.5. The predicted molar refractivity (Wildman–Crippen MR) is 133 cm³/mol. The average Bonchev–Trinajstić information content (AvgIpc) is 3.47. The van der Waals surface area contributed by atoms with E-state index in [0.717, 1.165) is 61.1 Å². The summed E-state index contributed by atoms with van der Waals surface area (Å²) in [6, 6.07) is 4.63. The monoisotopic (exact) mass is 453 g/mol. The molecular weight excluding hydrogens is 414 g/mol. The number of benzene rings is 1. The molecule has 0 spiro atoms. The summed E-state index contributed by atoms with van der Waals surface area (Å²) in [5.74, 6) is 1.59. The van der Waals surface area contributed by atoms with E-state index in [1.165, 1.54) is 49.3 Å². The Hall–Kier alpha value is -2.05. The molecule has 2 fully saturated rings. The Kier molecular flexibility index (Phi) is 6.93. The first-order valence-electron chi connectivity index (χ1n) is 12.9. The maximum atomic E-state index is 6.20. The van der Waals surface area contributed by atoms with Gasteiger partial charge in [-0.05, 0) is 89.9 Å². The molecule has 1 aromatic heterocycles. The molecular formula is C27H39N3O3. The van der Waals surface area contributed by atoms with Crippen LogP contribution in [0, 0.1) is 0 Å². The van der Waals surface area contributed by atoms with Crippen molar-refractivity contribution in [3.8, 4) is 11.5 Å². The van der Waals surface area contributed by atoms with Crippen molar-refractivity contribution in [2.75, 3.05) is 38.7 Å². The van der Waals surface area contributed by atoms with Crippen LogP contribution in [0.25, 0.3) is 10.9 Å². The number of fused-ring (bicyclic) bond motifs is 2. The number of ether oxygens (including phenoxy) is 3. The van der Waals surface area contributed by atoms with Gasteiger partial charge in [0, 0.05) is 35.4 Å². The molecule has 6 heteroatoms. The minimum Gasteiger partial charge on any atom is -0.493 e. The molecule has 2 atom stereocenters. The van der Waals surface area contributed by atoms with Crippen molar-refractivity contribution in [3.05, 3.63) is 23.4 Å². The second-order valence-corrected chi connectivity index (χ2v) is 10.1. The van der Waals surface area contributed by atoms with E-state index in [4.69, 9.17) is 19.2 Å². The van der Waals surface area contributed by atoms with Gasteiger partial charge in [-0.25, -0.2) is 0 Å². The van der Waals surface area contributed by atoms with Gasteiger partial charge in [-0.15, -0.1) is 0 Å². The first kappa shape index (κ1) is 22.7. The predicted octanol–water partition coefficient (Wildman–Crippen LogP) is 4.96. The van der Waals surface area contributed by atoms with Crippen LogP contribution in [0.3, 0.4) is 0 Å². The van der Waals surface area contributed by atoms with E-state index in [2.05, 4.69) is 36.2 Å². The zero-order valence-electron chi connectivity index (χ0n) is 20.5. The summed E-state index contributed by atoms with van der Waals surface area (Å²) >= 11 is 0. The number of anilines is 1. The smallest absolute Gasteiger partial charge is 0.163 e. The van der Waals surface area contributed by atoms with Crippen LogP contribution in [0.5, 0.6) is 11.5 Å². The molecule has 1 aliphatic carbocycles. The highest BCUT2D eigenvalue weighted by Crippen LogP contribution is 2.40. The normalized spacial score (nSPS) is 25.4. The van der Waals surface area contributed by atoms with E-state index in [1.807, 2.05) is 0 Å². The van der Waals surface area contributed by atoms with E-state index in [0.29, 0.717) is 12.6 Å². The van der Waals surface area contributed by atoms with Crippen LogP contribution in [0.1, 0.15) is 63.6 Å². The summed E-state index contributed by atoms with van der Waals surface area (Å²) in [5, 5.41) is 5.06. The van der Waals surface area contributed by atoms with Crippen molar-refractivity contribution in [2.45, 2.75) is 83.5 Å². The van der Waals surface area contributed by atoms with E-state index in [-0.39, 0.29) is 12.2 Å². The molecule has 3 heterocycles. The fraction of sp³-hybridized carbons (Fsp3) is 0.667. The molecule has 180 valence electrons. The van der Waals surface area contributed by atoms with E-state index < -0.39 is 0 Å². The second kappa shape index (κ2) is 10.1. The Morgan fingerprint density at radius 2 is 1.85 bits per heavy atom. The molecule has 0 radical (unpaired) electrons. The molecule has 1 N–H and O–H groups in total. The van der Waals surface area contributed by atoms with Crippen LogP contribution in [0.15, 0.2) is 12.1 Å². The number of rotatable bonds is 8. The van der Waals surface area contributed by atoms with Crippen molar-refractivity contribution >= 4 is 16.6 Å². The highest BCUT2D eigenvalue weighted by atomic mass is 16.5. The topological polar surface area (TPSA) is 55.9 Å². The highest BCUT2D eigenvalue weighted by Gasteiger charge is 2.28. The van der Waals surface area contributed by atoms with Crippen LogP contribution < -0.4 is 14.8 Å². The van der Waals surface area contributed by atoms with Crippen LogP contribution in [0.4, 0.5) is 5.69 Å². The second-order valence-electron chi connectivity index (χ2n) is 10.1. The minimum atomic E-state index is 0.280. The van der Waals surface area contributed by atoms with Crippen LogP contribution >= 0.6 is 0 Å². The molecule has 2 aliphatic heterocycles. The number of hydrogen-bond donors (Lipinski definition) is 1. The van der Waals surface area contributed by atoms with Gasteiger partial charge < -0.3 is 24.4 Å². The quantitative estimate of drug-likeness (QED) is 0.570. The molecule has 2 saturated heterocycles. The molecule has 2 aromatic rings.